The quantitative estimate of drug-likeness (QED) is 0.528. The van der Waals surface area contributed by atoms with E-state index in [1.54, 1.807) is 0 Å². The molecule has 0 fully saturated rings. The van der Waals surface area contributed by atoms with Gasteiger partial charge in [0.15, 0.2) is 0 Å². The fraction of sp³-hybridized carbons (Fsp3) is 0.429. The minimum absolute atomic E-state index is 0.561. The van der Waals surface area contributed by atoms with E-state index in [9.17, 15) is 0 Å². The van der Waals surface area contributed by atoms with Gasteiger partial charge in [-0.25, -0.2) is 0 Å². The monoisotopic (exact) mass is 358 g/mol. The Morgan fingerprint density at radius 2 is 1.56 bits per heavy atom. The maximum Gasteiger partial charge on any atom is 0.463 e. The zero-order valence-electron chi connectivity index (χ0n) is 15.1. The molecule has 0 amide bonds. The minimum Gasteiger partial charge on any atom is -0.417 e. The molecule has 0 aromatic heterocycles. The summed E-state index contributed by atoms with van der Waals surface area (Å²) in [7, 11) is -1.44. The highest BCUT2D eigenvalue weighted by molar-refractivity contribution is 7.42. The lowest BCUT2D eigenvalue weighted by Crippen LogP contribution is -2.12. The van der Waals surface area contributed by atoms with Crippen molar-refractivity contribution in [1.29, 1.82) is 0 Å². The van der Waals surface area contributed by atoms with Crippen molar-refractivity contribution in [3.63, 3.8) is 0 Å². The molecule has 3 rings (SSSR count). The van der Waals surface area contributed by atoms with Gasteiger partial charge in [0.2, 0.25) is 0 Å². The topological polar surface area (TPSA) is 27.7 Å². The molecule has 0 radical (unpaired) electrons. The van der Waals surface area contributed by atoms with Crippen molar-refractivity contribution >= 4 is 8.60 Å². The predicted molar refractivity (Wildman–Crippen MR) is 103 cm³/mol. The second-order valence-corrected chi connectivity index (χ2v) is 7.58. The lowest BCUT2D eigenvalue weighted by Gasteiger charge is -2.25. The standard InChI is InChI=1S/C21H27O3P/c1-3-5-10-17(4-2)16-22-25-23-20-13-8-6-11-18(20)15-19-12-7-9-14-21(19)24-25/h6-9,11-14,17H,3-5,10,15-16H2,1-2H3. The molecular formula is C21H27O3P. The van der Waals surface area contributed by atoms with Crippen molar-refractivity contribution in [3.8, 4) is 11.5 Å². The Labute approximate surface area is 152 Å². The van der Waals surface area contributed by atoms with Crippen LogP contribution in [-0.2, 0) is 10.9 Å². The van der Waals surface area contributed by atoms with Crippen molar-refractivity contribution in [2.75, 3.05) is 6.61 Å². The van der Waals surface area contributed by atoms with Gasteiger partial charge in [0.25, 0.3) is 0 Å². The maximum absolute atomic E-state index is 6.11. The summed E-state index contributed by atoms with van der Waals surface area (Å²) >= 11 is 0. The van der Waals surface area contributed by atoms with E-state index in [-0.39, 0.29) is 0 Å². The fourth-order valence-electron chi connectivity index (χ4n) is 2.98. The Bertz CT molecular complexity index is 626. The maximum atomic E-state index is 6.11. The molecule has 1 unspecified atom stereocenters. The van der Waals surface area contributed by atoms with Crippen LogP contribution in [0.5, 0.6) is 11.5 Å². The Kier molecular flexibility index (Phi) is 6.72. The molecule has 0 saturated carbocycles. The van der Waals surface area contributed by atoms with E-state index in [2.05, 4.69) is 26.0 Å². The fourth-order valence-corrected chi connectivity index (χ4v) is 4.13. The number of para-hydroxylation sites is 2. The lowest BCUT2D eigenvalue weighted by atomic mass is 10.0. The minimum atomic E-state index is -1.44. The summed E-state index contributed by atoms with van der Waals surface area (Å²) in [5.41, 5.74) is 2.35. The summed E-state index contributed by atoms with van der Waals surface area (Å²) in [6, 6.07) is 16.3. The largest absolute Gasteiger partial charge is 0.463 e. The van der Waals surface area contributed by atoms with Gasteiger partial charge in [-0.3, -0.25) is 4.52 Å². The Hall–Kier alpha value is -1.57. The first kappa shape index (κ1) is 18.2. The molecule has 25 heavy (non-hydrogen) atoms. The van der Waals surface area contributed by atoms with Gasteiger partial charge in [0.05, 0.1) is 6.61 Å². The third kappa shape index (κ3) is 4.96. The van der Waals surface area contributed by atoms with Gasteiger partial charge in [-0.1, -0.05) is 69.5 Å². The van der Waals surface area contributed by atoms with Gasteiger partial charge in [-0.2, -0.15) is 0 Å². The Morgan fingerprint density at radius 1 is 0.960 bits per heavy atom. The van der Waals surface area contributed by atoms with Crippen molar-refractivity contribution < 1.29 is 13.6 Å². The molecule has 0 aliphatic carbocycles. The van der Waals surface area contributed by atoms with Gasteiger partial charge in [-0.15, -0.1) is 0 Å². The molecule has 1 aliphatic rings. The number of hydrogen-bond donors (Lipinski definition) is 0. The Balaban J connectivity index is 1.76. The van der Waals surface area contributed by atoms with Gasteiger partial charge < -0.3 is 9.05 Å². The Morgan fingerprint density at radius 3 is 2.12 bits per heavy atom. The number of fused-ring (bicyclic) bond motifs is 2. The molecule has 2 aromatic carbocycles. The zero-order valence-corrected chi connectivity index (χ0v) is 16.0. The molecule has 2 aromatic rings. The third-order valence-electron chi connectivity index (χ3n) is 4.63. The molecule has 0 N–H and O–H groups in total. The average Bonchev–Trinajstić information content (AvgIpc) is 2.63. The van der Waals surface area contributed by atoms with Crippen LogP contribution in [0, 0.1) is 5.92 Å². The number of benzene rings is 2. The number of unbranched alkanes of at least 4 members (excludes halogenated alkanes) is 1. The van der Waals surface area contributed by atoms with Crippen LogP contribution in [0.4, 0.5) is 0 Å². The summed E-state index contributed by atoms with van der Waals surface area (Å²) in [5, 5.41) is 0. The number of hydrogen-bond acceptors (Lipinski definition) is 3. The van der Waals surface area contributed by atoms with Gasteiger partial charge in [-0.05, 0) is 35.6 Å². The SMILES string of the molecule is CCCCC(CC)COP1Oc2ccccc2Cc2ccccc2O1. The first-order valence-corrected chi connectivity index (χ1v) is 10.3. The molecule has 1 aliphatic heterocycles. The highest BCUT2D eigenvalue weighted by Gasteiger charge is 2.24. The van der Waals surface area contributed by atoms with E-state index >= 15 is 0 Å². The molecular weight excluding hydrogens is 331 g/mol. The van der Waals surface area contributed by atoms with E-state index in [4.69, 9.17) is 13.6 Å². The van der Waals surface area contributed by atoms with Gasteiger partial charge in [0.1, 0.15) is 11.5 Å². The van der Waals surface area contributed by atoms with Crippen molar-refractivity contribution in [1.82, 2.24) is 0 Å². The zero-order chi connectivity index (χ0) is 17.5. The van der Waals surface area contributed by atoms with E-state index in [1.165, 1.54) is 30.4 Å². The van der Waals surface area contributed by atoms with Crippen LogP contribution in [0.2, 0.25) is 0 Å². The summed E-state index contributed by atoms with van der Waals surface area (Å²) in [6.07, 6.45) is 5.59. The second-order valence-electron chi connectivity index (χ2n) is 6.51. The van der Waals surface area contributed by atoms with E-state index in [0.717, 1.165) is 24.3 Å². The third-order valence-corrected chi connectivity index (χ3v) is 5.68. The summed E-state index contributed by atoms with van der Waals surface area (Å²) in [6.45, 7) is 5.14. The first-order chi connectivity index (χ1) is 12.3. The van der Waals surface area contributed by atoms with Gasteiger partial charge >= 0.3 is 8.60 Å². The molecule has 1 heterocycles. The number of rotatable bonds is 7. The lowest BCUT2D eigenvalue weighted by molar-refractivity contribution is 0.207. The molecule has 0 saturated heterocycles. The van der Waals surface area contributed by atoms with Crippen molar-refractivity contribution in [2.45, 2.75) is 46.0 Å². The summed E-state index contributed by atoms with van der Waals surface area (Å²) in [4.78, 5) is 0. The van der Waals surface area contributed by atoms with Crippen LogP contribution in [0.1, 0.15) is 50.7 Å². The van der Waals surface area contributed by atoms with Crippen molar-refractivity contribution in [3.05, 3.63) is 59.7 Å². The van der Waals surface area contributed by atoms with E-state index in [0.29, 0.717) is 12.5 Å². The predicted octanol–water partition coefficient (Wildman–Crippen LogP) is 6.51. The van der Waals surface area contributed by atoms with Crippen molar-refractivity contribution in [2.24, 2.45) is 5.92 Å². The van der Waals surface area contributed by atoms with Crippen LogP contribution in [0.3, 0.4) is 0 Å². The van der Waals surface area contributed by atoms with Crippen LogP contribution in [-0.4, -0.2) is 6.61 Å². The molecule has 3 nitrogen and oxygen atoms in total. The smallest absolute Gasteiger partial charge is 0.417 e. The van der Waals surface area contributed by atoms with Gasteiger partial charge in [0, 0.05) is 6.42 Å². The average molecular weight is 358 g/mol. The molecule has 0 bridgehead atoms. The molecule has 4 heteroatoms. The van der Waals surface area contributed by atoms with Crippen LogP contribution in [0.15, 0.2) is 48.5 Å². The second kappa shape index (κ2) is 9.22. The molecule has 134 valence electrons. The summed E-state index contributed by atoms with van der Waals surface area (Å²) < 4.78 is 18.3. The van der Waals surface area contributed by atoms with Crippen LogP contribution in [0.25, 0.3) is 0 Å². The normalized spacial score (nSPS) is 15.1. The van der Waals surface area contributed by atoms with E-state index < -0.39 is 8.60 Å². The molecule has 0 spiro atoms. The first-order valence-electron chi connectivity index (χ1n) is 9.25. The highest BCUT2D eigenvalue weighted by Crippen LogP contribution is 2.46. The van der Waals surface area contributed by atoms with E-state index in [1.807, 2.05) is 36.4 Å². The highest BCUT2D eigenvalue weighted by atomic mass is 31.2. The van der Waals surface area contributed by atoms with Crippen LogP contribution < -0.4 is 9.05 Å². The van der Waals surface area contributed by atoms with Crippen LogP contribution >= 0.6 is 8.60 Å². The molecule has 1 atom stereocenters. The summed E-state index contributed by atoms with van der Waals surface area (Å²) in [5.74, 6) is 2.29.